The average molecular weight is 575 g/mol. The van der Waals surface area contributed by atoms with Gasteiger partial charge in [0.05, 0.1) is 11.3 Å². The van der Waals surface area contributed by atoms with Crippen molar-refractivity contribution in [3.8, 4) is 5.75 Å². The number of benzene rings is 1. The number of ether oxygens (including phenoxy) is 3. The highest BCUT2D eigenvalue weighted by atomic mass is 19.4. The van der Waals surface area contributed by atoms with Crippen molar-refractivity contribution < 1.29 is 60.0 Å². The third-order valence-corrected chi connectivity index (χ3v) is 4.91. The molecule has 222 valence electrons. The Morgan fingerprint density at radius 3 is 1.97 bits per heavy atom. The first-order chi connectivity index (χ1) is 17.7. The van der Waals surface area contributed by atoms with Crippen molar-refractivity contribution in [1.29, 1.82) is 0 Å². The molecule has 0 aliphatic carbocycles. The third kappa shape index (κ3) is 11.7. The minimum Gasteiger partial charge on any atom is -0.492 e. The highest BCUT2D eigenvalue weighted by Crippen LogP contribution is 2.35. The van der Waals surface area contributed by atoms with Crippen molar-refractivity contribution in [2.24, 2.45) is 0 Å². The van der Waals surface area contributed by atoms with Gasteiger partial charge in [-0.05, 0) is 59.8 Å². The molecule has 1 aliphatic heterocycles. The lowest BCUT2D eigenvalue weighted by molar-refractivity contribution is -0.192. The molecule has 0 atom stereocenters. The summed E-state index contributed by atoms with van der Waals surface area (Å²) in [5, 5.41) is 7.12. The van der Waals surface area contributed by atoms with Crippen LogP contribution in [0.4, 0.5) is 32.0 Å². The number of nitrogens with zero attached hydrogens (tertiary/aromatic N) is 2. The Labute approximate surface area is 221 Å². The van der Waals surface area contributed by atoms with E-state index in [1.807, 2.05) is 19.0 Å². The Kier molecular flexibility index (Phi) is 12.0. The second-order valence-electron chi connectivity index (χ2n) is 9.65. The molecule has 1 aliphatic rings. The van der Waals surface area contributed by atoms with Crippen molar-refractivity contribution in [2.45, 2.75) is 57.6 Å². The molecule has 1 heterocycles. The number of esters is 1. The number of rotatable bonds is 7. The fraction of sp³-hybridized carbons (Fsp3) is 0.625. The predicted octanol–water partition coefficient (Wildman–Crippen LogP) is 4.29. The lowest BCUT2D eigenvalue weighted by Gasteiger charge is -2.36. The number of alkyl halides is 6. The fourth-order valence-electron chi connectivity index (χ4n) is 3.20. The molecule has 1 aromatic carbocycles. The van der Waals surface area contributed by atoms with E-state index < -0.39 is 41.8 Å². The number of hydrogen-bond donors (Lipinski definition) is 1. The second kappa shape index (κ2) is 13.8. The maximum absolute atomic E-state index is 13.6. The van der Waals surface area contributed by atoms with Gasteiger partial charge >= 0.3 is 30.2 Å². The molecule has 39 heavy (non-hydrogen) atoms. The Morgan fingerprint density at radius 1 is 1.00 bits per heavy atom. The molecule has 0 aromatic heterocycles. The van der Waals surface area contributed by atoms with E-state index in [1.54, 1.807) is 20.8 Å². The fourth-order valence-corrected chi connectivity index (χ4v) is 3.20. The summed E-state index contributed by atoms with van der Waals surface area (Å²) in [6.07, 6.45) is -9.78. The van der Waals surface area contributed by atoms with E-state index in [2.05, 4.69) is 0 Å². The molecule has 1 N–H and O–H groups in total. The topological polar surface area (TPSA) is 106 Å². The summed E-state index contributed by atoms with van der Waals surface area (Å²) in [4.78, 5) is 36.8. The van der Waals surface area contributed by atoms with E-state index in [4.69, 9.17) is 24.1 Å². The number of likely N-dealkylation sites (N-methyl/N-ethyl adjacent to an activating group) is 1. The molecule has 1 aromatic rings. The molecule has 1 amide bonds. The monoisotopic (exact) mass is 574 g/mol. The molecule has 0 bridgehead atoms. The summed E-state index contributed by atoms with van der Waals surface area (Å²) < 4.78 is 88.7. The summed E-state index contributed by atoms with van der Waals surface area (Å²) in [5.74, 6) is -5.37. The Hall–Kier alpha value is -3.07. The highest BCUT2D eigenvalue weighted by Gasteiger charge is 2.46. The zero-order chi connectivity index (χ0) is 30.2. The van der Waals surface area contributed by atoms with Crippen LogP contribution in [0.3, 0.4) is 0 Å². The van der Waals surface area contributed by atoms with E-state index in [0.717, 1.165) is 0 Å². The van der Waals surface area contributed by atoms with Crippen LogP contribution in [0.5, 0.6) is 5.75 Å². The molecule has 1 fully saturated rings. The van der Waals surface area contributed by atoms with Gasteiger partial charge < -0.3 is 29.1 Å². The third-order valence-electron chi connectivity index (χ3n) is 4.91. The van der Waals surface area contributed by atoms with Crippen LogP contribution < -0.4 is 9.64 Å². The SMILES string of the molecule is CN(C)CCOc1ccc(C(=O)OC(C)(C)C)c(N(C(=O)C(F)(F)F)C2CCOCC2)c1.O=C(O)C(F)(F)F. The maximum Gasteiger partial charge on any atom is 0.490 e. The number of hydrogen-bond acceptors (Lipinski definition) is 7. The molecular formula is C24H32F6N2O7. The van der Waals surface area contributed by atoms with E-state index >= 15 is 0 Å². The van der Waals surface area contributed by atoms with Crippen LogP contribution in [-0.4, -0.2) is 92.3 Å². The minimum atomic E-state index is -5.12. The average Bonchev–Trinajstić information content (AvgIpc) is 2.78. The number of carboxylic acids is 1. The lowest BCUT2D eigenvalue weighted by atomic mass is 10.0. The van der Waals surface area contributed by atoms with Gasteiger partial charge in [0.2, 0.25) is 0 Å². The van der Waals surface area contributed by atoms with Gasteiger partial charge in [0.15, 0.2) is 0 Å². The van der Waals surface area contributed by atoms with E-state index in [1.165, 1.54) is 18.2 Å². The number of anilines is 1. The number of carbonyl (C=O) groups excluding carboxylic acids is 2. The van der Waals surface area contributed by atoms with Crippen LogP contribution in [0.2, 0.25) is 0 Å². The quantitative estimate of drug-likeness (QED) is 0.380. The number of carbonyl (C=O) groups is 3. The van der Waals surface area contributed by atoms with E-state index in [9.17, 15) is 35.9 Å². The largest absolute Gasteiger partial charge is 0.492 e. The Balaban J connectivity index is 0.000000956. The van der Waals surface area contributed by atoms with Crippen molar-refractivity contribution in [2.75, 3.05) is 45.4 Å². The molecule has 9 nitrogen and oxygen atoms in total. The summed E-state index contributed by atoms with van der Waals surface area (Å²) in [6, 6.07) is 3.34. The smallest absolute Gasteiger partial charge is 0.490 e. The predicted molar refractivity (Wildman–Crippen MR) is 127 cm³/mol. The molecule has 1 saturated heterocycles. The van der Waals surface area contributed by atoms with Crippen LogP contribution in [0.25, 0.3) is 0 Å². The Morgan fingerprint density at radius 2 is 1.54 bits per heavy atom. The lowest BCUT2D eigenvalue weighted by Crippen LogP contribution is -2.50. The van der Waals surface area contributed by atoms with E-state index in [0.29, 0.717) is 11.4 Å². The summed E-state index contributed by atoms with van der Waals surface area (Å²) >= 11 is 0. The van der Waals surface area contributed by atoms with Crippen molar-refractivity contribution in [3.05, 3.63) is 23.8 Å². The number of aliphatic carboxylic acids is 1. The molecule has 0 unspecified atom stereocenters. The van der Waals surface area contributed by atoms with Gasteiger partial charge in [0, 0.05) is 31.9 Å². The number of carboxylic acid groups (broad SMARTS) is 1. The first-order valence-electron chi connectivity index (χ1n) is 11.7. The molecule has 15 heteroatoms. The van der Waals surface area contributed by atoms with Crippen molar-refractivity contribution in [1.82, 2.24) is 4.90 Å². The molecule has 2 rings (SSSR count). The molecule has 0 radical (unpaired) electrons. The standard InChI is InChI=1S/C22H31F3N2O5.C2HF3O2/c1-21(2,3)32-19(28)17-7-6-16(31-13-10-26(4)5)14-18(17)27(20(29)22(23,24)25)15-8-11-30-12-9-15;3-2(4,5)1(6)7/h6-7,14-15H,8-13H2,1-5H3;(H,6,7). The summed E-state index contributed by atoms with van der Waals surface area (Å²) in [7, 11) is 3.71. The number of halogens is 6. The van der Waals surface area contributed by atoms with E-state index in [-0.39, 0.29) is 49.7 Å². The van der Waals surface area contributed by atoms with Gasteiger partial charge in [-0.15, -0.1) is 0 Å². The minimum absolute atomic E-state index is 0.135. The molecular weight excluding hydrogens is 542 g/mol. The van der Waals surface area contributed by atoms with Crippen LogP contribution in [0.15, 0.2) is 18.2 Å². The van der Waals surface area contributed by atoms with Gasteiger partial charge in [-0.3, -0.25) is 4.79 Å². The van der Waals surface area contributed by atoms with Crippen molar-refractivity contribution >= 4 is 23.5 Å². The first-order valence-corrected chi connectivity index (χ1v) is 11.7. The van der Waals surface area contributed by atoms with Crippen LogP contribution in [-0.2, 0) is 19.1 Å². The number of amides is 1. The van der Waals surface area contributed by atoms with Gasteiger partial charge in [0.1, 0.15) is 18.0 Å². The zero-order valence-corrected chi connectivity index (χ0v) is 22.1. The van der Waals surface area contributed by atoms with Crippen LogP contribution in [0.1, 0.15) is 44.0 Å². The first kappa shape index (κ1) is 34.0. The maximum atomic E-state index is 13.6. The van der Waals surface area contributed by atoms with Crippen LogP contribution in [0, 0.1) is 0 Å². The summed E-state index contributed by atoms with van der Waals surface area (Å²) in [6.45, 7) is 6.25. The van der Waals surface area contributed by atoms with Gasteiger partial charge in [-0.2, -0.15) is 26.3 Å². The normalized spacial score (nSPS) is 14.8. The Bertz CT molecular complexity index is 985. The second-order valence-corrected chi connectivity index (χ2v) is 9.65. The summed E-state index contributed by atoms with van der Waals surface area (Å²) in [5.41, 5.74) is -1.19. The zero-order valence-electron chi connectivity index (χ0n) is 22.1. The van der Waals surface area contributed by atoms with Gasteiger partial charge in [-0.1, -0.05) is 0 Å². The molecule has 0 saturated carbocycles. The molecule has 0 spiro atoms. The van der Waals surface area contributed by atoms with Crippen molar-refractivity contribution in [3.63, 3.8) is 0 Å². The van der Waals surface area contributed by atoms with Crippen LogP contribution >= 0.6 is 0 Å². The van der Waals surface area contributed by atoms with Gasteiger partial charge in [0.25, 0.3) is 0 Å². The van der Waals surface area contributed by atoms with Gasteiger partial charge in [-0.25, -0.2) is 9.59 Å². The highest BCUT2D eigenvalue weighted by molar-refractivity contribution is 6.05.